The van der Waals surface area contributed by atoms with Crippen molar-refractivity contribution in [2.45, 2.75) is 13.0 Å². The number of carbonyl (C=O) groups excluding carboxylic acids is 1. The molecule has 2 aliphatic rings. The Morgan fingerprint density at radius 2 is 1.97 bits per heavy atom. The maximum atomic E-state index is 12.9. The Labute approximate surface area is 191 Å². The first-order valence-electron chi connectivity index (χ1n) is 10.4. The SMILES string of the molecule is COc1ccc(CCN2COc3ccc4c(c3C2)O/C(=C\c2cccc(Cl)c2)C4=O)cc1. The van der Waals surface area contributed by atoms with Crippen LogP contribution in [-0.4, -0.2) is 31.1 Å². The summed E-state index contributed by atoms with van der Waals surface area (Å²) in [6.07, 6.45) is 2.61. The van der Waals surface area contributed by atoms with Gasteiger partial charge in [-0.3, -0.25) is 9.69 Å². The van der Waals surface area contributed by atoms with E-state index in [-0.39, 0.29) is 5.78 Å². The third kappa shape index (κ3) is 4.09. The van der Waals surface area contributed by atoms with Crippen LogP contribution in [0.2, 0.25) is 5.02 Å². The van der Waals surface area contributed by atoms with Gasteiger partial charge in [0.2, 0.25) is 5.78 Å². The zero-order valence-electron chi connectivity index (χ0n) is 17.6. The van der Waals surface area contributed by atoms with Gasteiger partial charge in [0.05, 0.1) is 18.2 Å². The van der Waals surface area contributed by atoms with Crippen LogP contribution in [0.25, 0.3) is 6.08 Å². The first-order valence-corrected chi connectivity index (χ1v) is 10.8. The van der Waals surface area contributed by atoms with Crippen LogP contribution >= 0.6 is 11.6 Å². The van der Waals surface area contributed by atoms with E-state index in [0.717, 1.165) is 35.6 Å². The second-order valence-electron chi connectivity index (χ2n) is 7.84. The van der Waals surface area contributed by atoms with Gasteiger partial charge in [0.1, 0.15) is 24.0 Å². The van der Waals surface area contributed by atoms with Crippen LogP contribution in [0.3, 0.4) is 0 Å². The van der Waals surface area contributed by atoms with Gasteiger partial charge in [-0.25, -0.2) is 0 Å². The number of fused-ring (bicyclic) bond motifs is 3. The molecular formula is C26H22ClNO4. The molecule has 0 aliphatic carbocycles. The standard InChI is InChI=1S/C26H22ClNO4/c1-30-20-7-5-17(6-8-20)11-12-28-15-22-23(31-16-28)10-9-21-25(29)24(32-26(21)22)14-18-3-2-4-19(27)13-18/h2-10,13-14H,11-12,15-16H2,1H3/b24-14-. The molecule has 0 radical (unpaired) electrons. The molecule has 0 aromatic heterocycles. The highest BCUT2D eigenvalue weighted by molar-refractivity contribution is 6.30. The molecule has 5 nitrogen and oxygen atoms in total. The fourth-order valence-electron chi connectivity index (χ4n) is 3.97. The average Bonchev–Trinajstić information content (AvgIpc) is 3.13. The fraction of sp³-hybridized carbons (Fsp3) is 0.192. The lowest BCUT2D eigenvalue weighted by molar-refractivity contribution is 0.0949. The predicted octanol–water partition coefficient (Wildman–Crippen LogP) is 5.36. The van der Waals surface area contributed by atoms with Gasteiger partial charge in [0.25, 0.3) is 0 Å². The van der Waals surface area contributed by atoms with E-state index < -0.39 is 0 Å². The van der Waals surface area contributed by atoms with Crippen LogP contribution in [0, 0.1) is 0 Å². The molecule has 0 unspecified atom stereocenters. The number of ether oxygens (including phenoxy) is 3. The van der Waals surface area contributed by atoms with Crippen molar-refractivity contribution >= 4 is 23.5 Å². The molecule has 0 N–H and O–H groups in total. The number of ketones is 1. The van der Waals surface area contributed by atoms with E-state index in [1.807, 2.05) is 30.3 Å². The van der Waals surface area contributed by atoms with Crippen LogP contribution in [0.15, 0.2) is 66.4 Å². The number of allylic oxidation sites excluding steroid dienone is 1. The lowest BCUT2D eigenvalue weighted by atomic mass is 10.0. The molecule has 0 saturated carbocycles. The lowest BCUT2D eigenvalue weighted by Crippen LogP contribution is -2.33. The molecule has 0 atom stereocenters. The van der Waals surface area contributed by atoms with Crippen molar-refractivity contribution in [1.29, 1.82) is 0 Å². The van der Waals surface area contributed by atoms with Gasteiger partial charge in [-0.05, 0) is 60.0 Å². The topological polar surface area (TPSA) is 48.0 Å². The normalized spacial score (nSPS) is 16.3. The molecule has 3 aromatic carbocycles. The summed E-state index contributed by atoms with van der Waals surface area (Å²) in [5.74, 6) is 2.38. The number of carbonyl (C=O) groups is 1. The van der Waals surface area contributed by atoms with E-state index in [2.05, 4.69) is 17.0 Å². The number of hydrogen-bond donors (Lipinski definition) is 0. The Bertz CT molecular complexity index is 1200. The highest BCUT2D eigenvalue weighted by Crippen LogP contribution is 2.42. The molecule has 2 aliphatic heterocycles. The van der Waals surface area contributed by atoms with Crippen LogP contribution in [0.1, 0.15) is 27.0 Å². The van der Waals surface area contributed by atoms with Crippen molar-refractivity contribution in [2.75, 3.05) is 20.4 Å². The predicted molar refractivity (Wildman–Crippen MR) is 123 cm³/mol. The van der Waals surface area contributed by atoms with Gasteiger partial charge in [0, 0.05) is 18.1 Å². The van der Waals surface area contributed by atoms with Gasteiger partial charge >= 0.3 is 0 Å². The van der Waals surface area contributed by atoms with Crippen molar-refractivity contribution < 1.29 is 19.0 Å². The molecule has 0 bridgehead atoms. The van der Waals surface area contributed by atoms with Crippen molar-refractivity contribution in [3.8, 4) is 17.2 Å². The molecule has 32 heavy (non-hydrogen) atoms. The maximum absolute atomic E-state index is 12.9. The highest BCUT2D eigenvalue weighted by Gasteiger charge is 2.33. The minimum absolute atomic E-state index is 0.127. The lowest BCUT2D eigenvalue weighted by Gasteiger charge is -2.29. The number of rotatable bonds is 5. The van der Waals surface area contributed by atoms with Gasteiger partial charge in [-0.15, -0.1) is 0 Å². The summed E-state index contributed by atoms with van der Waals surface area (Å²) < 4.78 is 17.2. The zero-order valence-corrected chi connectivity index (χ0v) is 18.4. The quantitative estimate of drug-likeness (QED) is 0.493. The van der Waals surface area contributed by atoms with Gasteiger partial charge in [-0.2, -0.15) is 0 Å². The Morgan fingerprint density at radius 3 is 2.75 bits per heavy atom. The van der Waals surface area contributed by atoms with E-state index in [1.165, 1.54) is 5.56 Å². The third-order valence-corrected chi connectivity index (χ3v) is 5.94. The molecule has 0 spiro atoms. The molecule has 0 fully saturated rings. The fourth-order valence-corrected chi connectivity index (χ4v) is 4.17. The van der Waals surface area contributed by atoms with Crippen LogP contribution in [0.4, 0.5) is 0 Å². The van der Waals surface area contributed by atoms with E-state index >= 15 is 0 Å². The average molecular weight is 448 g/mol. The number of halogens is 1. The maximum Gasteiger partial charge on any atom is 0.231 e. The Hall–Kier alpha value is -3.28. The molecule has 0 amide bonds. The highest BCUT2D eigenvalue weighted by atomic mass is 35.5. The molecule has 3 aromatic rings. The first-order chi connectivity index (χ1) is 15.6. The number of benzene rings is 3. The van der Waals surface area contributed by atoms with E-state index in [4.69, 9.17) is 25.8 Å². The molecule has 6 heteroatoms. The smallest absolute Gasteiger partial charge is 0.231 e. The largest absolute Gasteiger partial charge is 0.497 e. The molecule has 162 valence electrons. The number of methoxy groups -OCH3 is 1. The summed E-state index contributed by atoms with van der Waals surface area (Å²) in [5, 5.41) is 0.612. The van der Waals surface area contributed by atoms with Crippen molar-refractivity contribution in [1.82, 2.24) is 4.90 Å². The van der Waals surface area contributed by atoms with Crippen LogP contribution in [-0.2, 0) is 13.0 Å². The first kappa shape index (κ1) is 20.6. The summed E-state index contributed by atoms with van der Waals surface area (Å²) in [6, 6.07) is 19.1. The Kier molecular flexibility index (Phi) is 5.60. The Balaban J connectivity index is 1.33. The van der Waals surface area contributed by atoms with Gasteiger partial charge in [0.15, 0.2) is 5.76 Å². The summed E-state index contributed by atoms with van der Waals surface area (Å²) >= 11 is 6.07. The molecule has 0 saturated heterocycles. The molecule has 5 rings (SSSR count). The van der Waals surface area contributed by atoms with Crippen LogP contribution < -0.4 is 14.2 Å². The van der Waals surface area contributed by atoms with Crippen molar-refractivity contribution in [3.05, 3.63) is 93.7 Å². The third-order valence-electron chi connectivity index (χ3n) is 5.70. The summed E-state index contributed by atoms with van der Waals surface area (Å²) in [6.45, 7) is 1.99. The molecular weight excluding hydrogens is 426 g/mol. The van der Waals surface area contributed by atoms with Crippen molar-refractivity contribution in [3.63, 3.8) is 0 Å². The summed E-state index contributed by atoms with van der Waals surface area (Å²) in [5.41, 5.74) is 3.52. The monoisotopic (exact) mass is 447 g/mol. The minimum atomic E-state index is -0.127. The second-order valence-corrected chi connectivity index (χ2v) is 8.27. The van der Waals surface area contributed by atoms with Gasteiger partial charge in [-0.1, -0.05) is 35.9 Å². The van der Waals surface area contributed by atoms with Crippen LogP contribution in [0.5, 0.6) is 17.2 Å². The Morgan fingerprint density at radius 1 is 1.12 bits per heavy atom. The summed E-state index contributed by atoms with van der Waals surface area (Å²) in [4.78, 5) is 15.1. The van der Waals surface area contributed by atoms with Crippen molar-refractivity contribution in [2.24, 2.45) is 0 Å². The van der Waals surface area contributed by atoms with E-state index in [0.29, 0.717) is 35.4 Å². The zero-order chi connectivity index (χ0) is 22.1. The summed E-state index contributed by atoms with van der Waals surface area (Å²) in [7, 11) is 1.67. The number of hydrogen-bond acceptors (Lipinski definition) is 5. The van der Waals surface area contributed by atoms with Gasteiger partial charge < -0.3 is 14.2 Å². The van der Waals surface area contributed by atoms with E-state index in [1.54, 1.807) is 31.4 Å². The number of nitrogens with zero attached hydrogens (tertiary/aromatic N) is 1. The number of Topliss-reactive ketones (excluding diaryl/α,β-unsaturated/α-hetero) is 1. The van der Waals surface area contributed by atoms with E-state index in [9.17, 15) is 4.79 Å². The minimum Gasteiger partial charge on any atom is -0.497 e. The molecule has 2 heterocycles. The second kappa shape index (κ2) is 8.69.